The lowest BCUT2D eigenvalue weighted by Gasteiger charge is -2.28. The zero-order chi connectivity index (χ0) is 18.5. The summed E-state index contributed by atoms with van der Waals surface area (Å²) in [5.74, 6) is -1.63. The second-order valence-corrected chi connectivity index (χ2v) is 6.75. The maximum Gasteiger partial charge on any atom is 0.302 e. The Hall–Kier alpha value is -2.67. The topological polar surface area (TPSA) is 82.1 Å². The van der Waals surface area contributed by atoms with Crippen LogP contribution in [0.4, 0.5) is 0 Å². The van der Waals surface area contributed by atoms with Crippen LogP contribution in [-0.2, 0) is 30.4 Å². The zero-order valence-corrected chi connectivity index (χ0v) is 14.5. The molecule has 2 bridgehead atoms. The van der Waals surface area contributed by atoms with Crippen molar-refractivity contribution in [2.45, 2.75) is 25.2 Å². The fourth-order valence-corrected chi connectivity index (χ4v) is 4.10. The number of amides is 2. The zero-order valence-electron chi connectivity index (χ0n) is 14.5. The van der Waals surface area contributed by atoms with E-state index in [4.69, 9.17) is 14.2 Å². The molecule has 0 unspecified atom stereocenters. The number of rotatable bonds is 5. The molecule has 0 N–H and O–H groups in total. The van der Waals surface area contributed by atoms with Crippen LogP contribution >= 0.6 is 0 Å². The summed E-state index contributed by atoms with van der Waals surface area (Å²) in [5, 5.41) is 0. The van der Waals surface area contributed by atoms with Crippen LogP contribution in [0.2, 0.25) is 0 Å². The molecule has 2 saturated heterocycles. The molecule has 7 heteroatoms. The first kappa shape index (κ1) is 16.8. The lowest BCUT2D eigenvalue weighted by molar-refractivity contribution is -0.155. The Labute approximate surface area is 150 Å². The van der Waals surface area contributed by atoms with Gasteiger partial charge in [-0.15, -0.1) is 0 Å². The van der Waals surface area contributed by atoms with Gasteiger partial charge in [-0.05, 0) is 12.1 Å². The van der Waals surface area contributed by atoms with E-state index in [1.54, 1.807) is 25.3 Å². The number of nitrogens with zero attached hydrogens (tertiary/aromatic N) is 1. The highest BCUT2D eigenvalue weighted by Gasteiger charge is 2.68. The standard InChI is InChI=1S/C19H19NO6/c1-11(21)25-10-19-8-7-14(26-19)15-16(19)18(23)20(17(15)22)9-12-5-3-4-6-13(12)24-2/h3-8,14-16H,9-10H2,1-2H3/t14-,15-,16+,19+/m1/s1. The van der Waals surface area contributed by atoms with E-state index < -0.39 is 29.5 Å². The Morgan fingerprint density at radius 3 is 2.77 bits per heavy atom. The number of carbonyl (C=O) groups is 3. The molecule has 2 fully saturated rings. The van der Waals surface area contributed by atoms with Gasteiger partial charge >= 0.3 is 5.97 Å². The van der Waals surface area contributed by atoms with Crippen LogP contribution in [0.3, 0.4) is 0 Å². The highest BCUT2D eigenvalue weighted by atomic mass is 16.6. The van der Waals surface area contributed by atoms with Gasteiger partial charge in [0, 0.05) is 12.5 Å². The minimum absolute atomic E-state index is 0.0714. The number of hydrogen-bond donors (Lipinski definition) is 0. The smallest absolute Gasteiger partial charge is 0.302 e. The number of methoxy groups -OCH3 is 1. The Bertz CT molecular complexity index is 818. The average Bonchev–Trinajstić information content (AvgIpc) is 3.27. The van der Waals surface area contributed by atoms with Crippen LogP contribution in [0.5, 0.6) is 5.75 Å². The third-order valence-electron chi connectivity index (χ3n) is 5.27. The molecule has 2 amide bonds. The molecule has 0 radical (unpaired) electrons. The molecular weight excluding hydrogens is 338 g/mol. The van der Waals surface area contributed by atoms with Crippen molar-refractivity contribution in [2.75, 3.05) is 13.7 Å². The van der Waals surface area contributed by atoms with Crippen molar-refractivity contribution >= 4 is 17.8 Å². The molecule has 4 rings (SSSR count). The van der Waals surface area contributed by atoms with Crippen LogP contribution in [0.25, 0.3) is 0 Å². The van der Waals surface area contributed by atoms with Gasteiger partial charge in [0.25, 0.3) is 0 Å². The van der Waals surface area contributed by atoms with Gasteiger partial charge in [-0.25, -0.2) is 0 Å². The van der Waals surface area contributed by atoms with Gasteiger partial charge in [-0.3, -0.25) is 19.3 Å². The van der Waals surface area contributed by atoms with Crippen molar-refractivity contribution in [1.29, 1.82) is 0 Å². The highest BCUT2D eigenvalue weighted by molar-refractivity contribution is 6.07. The molecule has 0 aromatic heterocycles. The predicted octanol–water partition coefficient (Wildman–Crippen LogP) is 1.07. The van der Waals surface area contributed by atoms with Gasteiger partial charge in [0.05, 0.1) is 31.6 Å². The fourth-order valence-electron chi connectivity index (χ4n) is 4.10. The fraction of sp³-hybridized carbons (Fsp3) is 0.421. The van der Waals surface area contributed by atoms with E-state index >= 15 is 0 Å². The van der Waals surface area contributed by atoms with Gasteiger partial charge in [-0.2, -0.15) is 0 Å². The monoisotopic (exact) mass is 357 g/mol. The quantitative estimate of drug-likeness (QED) is 0.445. The van der Waals surface area contributed by atoms with Crippen molar-refractivity contribution in [3.63, 3.8) is 0 Å². The van der Waals surface area contributed by atoms with Gasteiger partial charge < -0.3 is 14.2 Å². The van der Waals surface area contributed by atoms with Crippen LogP contribution in [0.15, 0.2) is 36.4 Å². The van der Waals surface area contributed by atoms with Gasteiger partial charge in [0.15, 0.2) is 0 Å². The van der Waals surface area contributed by atoms with E-state index in [1.807, 2.05) is 18.2 Å². The summed E-state index contributed by atoms with van der Waals surface area (Å²) in [6.07, 6.45) is 3.07. The van der Waals surface area contributed by atoms with E-state index in [1.165, 1.54) is 11.8 Å². The predicted molar refractivity (Wildman–Crippen MR) is 88.9 cm³/mol. The summed E-state index contributed by atoms with van der Waals surface area (Å²) >= 11 is 0. The summed E-state index contributed by atoms with van der Waals surface area (Å²) in [7, 11) is 1.55. The molecule has 4 atom stereocenters. The van der Waals surface area contributed by atoms with E-state index in [0.29, 0.717) is 5.75 Å². The van der Waals surface area contributed by atoms with Gasteiger partial charge in [0.1, 0.15) is 18.0 Å². The number of fused-ring (bicyclic) bond motifs is 5. The van der Waals surface area contributed by atoms with E-state index in [0.717, 1.165) is 5.56 Å². The highest BCUT2D eigenvalue weighted by Crippen LogP contribution is 2.52. The Kier molecular flexibility index (Phi) is 3.84. The number of ether oxygens (including phenoxy) is 3. The first-order chi connectivity index (χ1) is 12.5. The number of likely N-dealkylation sites (tertiary alicyclic amines) is 1. The summed E-state index contributed by atoms with van der Waals surface area (Å²) < 4.78 is 16.3. The minimum atomic E-state index is -1.05. The molecule has 0 spiro atoms. The van der Waals surface area contributed by atoms with Gasteiger partial charge in [0.2, 0.25) is 11.8 Å². The second-order valence-electron chi connectivity index (χ2n) is 6.75. The molecule has 3 aliphatic heterocycles. The molecule has 1 aromatic carbocycles. The Morgan fingerprint density at radius 2 is 2.04 bits per heavy atom. The van der Waals surface area contributed by atoms with Crippen LogP contribution in [0, 0.1) is 11.8 Å². The molecule has 1 aromatic rings. The Morgan fingerprint density at radius 1 is 1.27 bits per heavy atom. The van der Waals surface area contributed by atoms with Gasteiger partial charge in [-0.1, -0.05) is 24.3 Å². The number of esters is 1. The summed E-state index contributed by atoms with van der Waals surface area (Å²) in [5.41, 5.74) is -0.296. The lowest BCUT2D eigenvalue weighted by atomic mass is 9.77. The van der Waals surface area contributed by atoms with E-state index in [-0.39, 0.29) is 25.0 Å². The molecule has 26 heavy (non-hydrogen) atoms. The van der Waals surface area contributed by atoms with Crippen LogP contribution in [0.1, 0.15) is 12.5 Å². The van der Waals surface area contributed by atoms with Crippen molar-refractivity contribution in [1.82, 2.24) is 4.90 Å². The summed E-state index contributed by atoms with van der Waals surface area (Å²) in [6.45, 7) is 1.37. The number of benzene rings is 1. The molecular formula is C19H19NO6. The maximum absolute atomic E-state index is 13.1. The SMILES string of the molecule is COc1ccccc1CN1C(=O)[C@H]2[C@@H](C1=O)[C@@]1(COC(C)=O)C=C[C@H]2O1. The molecule has 3 heterocycles. The molecule has 3 aliphatic rings. The Balaban J connectivity index is 1.61. The number of hydrogen-bond acceptors (Lipinski definition) is 6. The first-order valence-corrected chi connectivity index (χ1v) is 8.44. The van der Waals surface area contributed by atoms with Crippen LogP contribution < -0.4 is 4.74 Å². The van der Waals surface area contributed by atoms with Crippen molar-refractivity contribution in [2.24, 2.45) is 11.8 Å². The molecule has 136 valence electrons. The maximum atomic E-state index is 13.1. The molecule has 7 nitrogen and oxygen atoms in total. The third kappa shape index (κ3) is 2.34. The van der Waals surface area contributed by atoms with Crippen molar-refractivity contribution < 1.29 is 28.6 Å². The van der Waals surface area contributed by atoms with Crippen molar-refractivity contribution in [3.05, 3.63) is 42.0 Å². The second kappa shape index (κ2) is 5.95. The molecule has 0 saturated carbocycles. The minimum Gasteiger partial charge on any atom is -0.496 e. The third-order valence-corrected chi connectivity index (χ3v) is 5.27. The summed E-state index contributed by atoms with van der Waals surface area (Å²) in [6, 6.07) is 7.28. The van der Waals surface area contributed by atoms with E-state index in [9.17, 15) is 14.4 Å². The normalized spacial score (nSPS) is 31.5. The van der Waals surface area contributed by atoms with Crippen LogP contribution in [-0.4, -0.2) is 48.1 Å². The van der Waals surface area contributed by atoms with Crippen molar-refractivity contribution in [3.8, 4) is 5.75 Å². The first-order valence-electron chi connectivity index (χ1n) is 8.44. The lowest BCUT2D eigenvalue weighted by Crippen LogP contribution is -2.44. The van der Waals surface area contributed by atoms with E-state index in [2.05, 4.69) is 0 Å². The average molecular weight is 357 g/mol. The summed E-state index contributed by atoms with van der Waals surface area (Å²) in [4.78, 5) is 38.4. The number of para-hydroxylation sites is 1. The number of carbonyl (C=O) groups excluding carboxylic acids is 3. The molecule has 0 aliphatic carbocycles. The number of imide groups is 1. The largest absolute Gasteiger partial charge is 0.496 e.